The van der Waals surface area contributed by atoms with Gasteiger partial charge < -0.3 is 10.4 Å². The maximum atomic E-state index is 10.1. The summed E-state index contributed by atoms with van der Waals surface area (Å²) in [5.74, 6) is 0.878. The van der Waals surface area contributed by atoms with Crippen molar-refractivity contribution < 1.29 is 5.11 Å². The highest BCUT2D eigenvalue weighted by molar-refractivity contribution is 4.92. The van der Waals surface area contributed by atoms with E-state index in [1.54, 1.807) is 0 Å². The molecule has 0 radical (unpaired) electrons. The molecule has 0 aliphatic heterocycles. The number of hydrogen-bond acceptors (Lipinski definition) is 2. The second-order valence-electron chi connectivity index (χ2n) is 5.90. The standard InChI is InChI=1S/C14H27NO/c1-2-3-6-12-7-4-8-13(12)15-11-14(16)9-5-10-14/h12-13,15-16H,2-11H2,1H3. The molecule has 16 heavy (non-hydrogen) atoms. The molecule has 2 unspecified atom stereocenters. The molecule has 0 bridgehead atoms. The van der Waals surface area contributed by atoms with Crippen LogP contribution in [0.2, 0.25) is 0 Å². The van der Waals surface area contributed by atoms with Gasteiger partial charge >= 0.3 is 0 Å². The molecule has 2 aliphatic carbocycles. The zero-order valence-corrected chi connectivity index (χ0v) is 10.7. The number of aliphatic hydroxyl groups is 1. The topological polar surface area (TPSA) is 32.3 Å². The van der Waals surface area contributed by atoms with Crippen LogP contribution < -0.4 is 5.32 Å². The Hall–Kier alpha value is -0.0800. The van der Waals surface area contributed by atoms with E-state index in [0.717, 1.165) is 25.3 Å². The van der Waals surface area contributed by atoms with E-state index in [1.807, 2.05) is 0 Å². The first-order chi connectivity index (χ1) is 7.73. The Morgan fingerprint density at radius 1 is 1.25 bits per heavy atom. The minimum Gasteiger partial charge on any atom is -0.389 e. The average molecular weight is 225 g/mol. The van der Waals surface area contributed by atoms with E-state index in [-0.39, 0.29) is 5.60 Å². The van der Waals surface area contributed by atoms with Crippen LogP contribution in [-0.4, -0.2) is 23.3 Å². The molecule has 0 heterocycles. The SMILES string of the molecule is CCCCC1CCCC1NCC1(O)CCC1. The van der Waals surface area contributed by atoms with Gasteiger partial charge in [0.05, 0.1) is 5.60 Å². The summed E-state index contributed by atoms with van der Waals surface area (Å²) in [4.78, 5) is 0. The molecule has 0 aromatic carbocycles. The van der Waals surface area contributed by atoms with Gasteiger partial charge in [-0.3, -0.25) is 0 Å². The maximum absolute atomic E-state index is 10.1. The first-order valence-electron chi connectivity index (χ1n) is 7.19. The molecule has 2 saturated carbocycles. The predicted octanol–water partition coefficient (Wildman–Crippen LogP) is 2.85. The van der Waals surface area contributed by atoms with Gasteiger partial charge in [0.2, 0.25) is 0 Å². The van der Waals surface area contributed by atoms with E-state index in [9.17, 15) is 5.11 Å². The Labute approximate surface area is 99.8 Å². The number of nitrogens with one attached hydrogen (secondary N) is 1. The molecule has 0 aromatic rings. The van der Waals surface area contributed by atoms with E-state index in [2.05, 4.69) is 12.2 Å². The van der Waals surface area contributed by atoms with Gasteiger partial charge in [-0.1, -0.05) is 26.2 Å². The summed E-state index contributed by atoms with van der Waals surface area (Å²) in [7, 11) is 0. The van der Waals surface area contributed by atoms with Crippen LogP contribution in [0.4, 0.5) is 0 Å². The average Bonchev–Trinajstić information content (AvgIpc) is 2.68. The van der Waals surface area contributed by atoms with E-state index in [0.29, 0.717) is 6.04 Å². The van der Waals surface area contributed by atoms with Crippen molar-refractivity contribution in [1.29, 1.82) is 0 Å². The van der Waals surface area contributed by atoms with Crippen molar-refractivity contribution in [2.24, 2.45) is 5.92 Å². The Bertz CT molecular complexity index is 213. The summed E-state index contributed by atoms with van der Waals surface area (Å²) in [6.45, 7) is 3.11. The molecule has 2 heteroatoms. The third-order valence-corrected chi connectivity index (χ3v) is 4.57. The van der Waals surface area contributed by atoms with Crippen LogP contribution in [0.1, 0.15) is 64.7 Å². The van der Waals surface area contributed by atoms with Crippen LogP contribution in [0, 0.1) is 5.92 Å². The molecule has 2 atom stereocenters. The lowest BCUT2D eigenvalue weighted by Crippen LogP contribution is -2.49. The zero-order valence-electron chi connectivity index (χ0n) is 10.7. The highest BCUT2D eigenvalue weighted by Gasteiger charge is 2.36. The summed E-state index contributed by atoms with van der Waals surface area (Å²) >= 11 is 0. The highest BCUT2D eigenvalue weighted by Crippen LogP contribution is 2.33. The number of unbranched alkanes of at least 4 members (excludes halogenated alkanes) is 1. The van der Waals surface area contributed by atoms with Gasteiger partial charge in [-0.15, -0.1) is 0 Å². The molecule has 94 valence electrons. The molecule has 0 aromatic heterocycles. The summed E-state index contributed by atoms with van der Waals surface area (Å²) in [6.07, 6.45) is 11.4. The van der Waals surface area contributed by atoms with Gasteiger partial charge in [0.15, 0.2) is 0 Å². The lowest BCUT2D eigenvalue weighted by molar-refractivity contribution is -0.0340. The van der Waals surface area contributed by atoms with Crippen molar-refractivity contribution in [1.82, 2.24) is 5.32 Å². The van der Waals surface area contributed by atoms with Gasteiger partial charge in [-0.05, 0) is 44.4 Å². The third-order valence-electron chi connectivity index (χ3n) is 4.57. The molecule has 0 amide bonds. The maximum Gasteiger partial charge on any atom is 0.0771 e. The van der Waals surface area contributed by atoms with Crippen LogP contribution in [0.3, 0.4) is 0 Å². The lowest BCUT2D eigenvalue weighted by Gasteiger charge is -2.38. The monoisotopic (exact) mass is 225 g/mol. The number of hydrogen-bond donors (Lipinski definition) is 2. The van der Waals surface area contributed by atoms with Crippen molar-refractivity contribution in [3.8, 4) is 0 Å². The van der Waals surface area contributed by atoms with Crippen molar-refractivity contribution >= 4 is 0 Å². The van der Waals surface area contributed by atoms with Gasteiger partial charge in [0, 0.05) is 12.6 Å². The highest BCUT2D eigenvalue weighted by atomic mass is 16.3. The second-order valence-corrected chi connectivity index (χ2v) is 5.90. The fourth-order valence-corrected chi connectivity index (χ4v) is 3.20. The van der Waals surface area contributed by atoms with E-state index in [1.165, 1.54) is 44.9 Å². The molecular weight excluding hydrogens is 198 g/mol. The molecule has 2 rings (SSSR count). The van der Waals surface area contributed by atoms with E-state index < -0.39 is 0 Å². The minimum absolute atomic E-state index is 0.349. The van der Waals surface area contributed by atoms with Crippen molar-refractivity contribution in [2.75, 3.05) is 6.54 Å². The van der Waals surface area contributed by atoms with Crippen LogP contribution in [0.5, 0.6) is 0 Å². The van der Waals surface area contributed by atoms with Gasteiger partial charge in [-0.25, -0.2) is 0 Å². The summed E-state index contributed by atoms with van der Waals surface area (Å²) < 4.78 is 0. The molecule has 0 spiro atoms. The first-order valence-corrected chi connectivity index (χ1v) is 7.19. The Kier molecular flexibility index (Phi) is 4.26. The van der Waals surface area contributed by atoms with Crippen molar-refractivity contribution in [3.05, 3.63) is 0 Å². The summed E-state index contributed by atoms with van der Waals surface area (Å²) in [5, 5.41) is 13.7. The molecular formula is C14H27NO. The molecule has 2 fully saturated rings. The first kappa shape index (κ1) is 12.4. The summed E-state index contributed by atoms with van der Waals surface area (Å²) in [5.41, 5.74) is -0.349. The molecule has 2 nitrogen and oxygen atoms in total. The zero-order chi connectivity index (χ0) is 11.4. The smallest absolute Gasteiger partial charge is 0.0771 e. The second kappa shape index (κ2) is 5.50. The quantitative estimate of drug-likeness (QED) is 0.728. The minimum atomic E-state index is -0.349. The van der Waals surface area contributed by atoms with Crippen molar-refractivity contribution in [2.45, 2.75) is 76.4 Å². The largest absolute Gasteiger partial charge is 0.389 e. The molecule has 2 N–H and O–H groups in total. The fourth-order valence-electron chi connectivity index (χ4n) is 3.20. The van der Waals surface area contributed by atoms with E-state index >= 15 is 0 Å². The lowest BCUT2D eigenvalue weighted by atomic mass is 9.80. The molecule has 0 saturated heterocycles. The predicted molar refractivity (Wildman–Crippen MR) is 67.5 cm³/mol. The summed E-state index contributed by atoms with van der Waals surface area (Å²) in [6, 6.07) is 0.691. The van der Waals surface area contributed by atoms with Crippen LogP contribution >= 0.6 is 0 Å². The molecule has 2 aliphatic rings. The third kappa shape index (κ3) is 2.98. The Balaban J connectivity index is 1.70. The van der Waals surface area contributed by atoms with Crippen molar-refractivity contribution in [3.63, 3.8) is 0 Å². The fraction of sp³-hybridized carbons (Fsp3) is 1.00. The number of rotatable bonds is 6. The van der Waals surface area contributed by atoms with Crippen LogP contribution in [0.25, 0.3) is 0 Å². The van der Waals surface area contributed by atoms with Gasteiger partial charge in [0.1, 0.15) is 0 Å². The van der Waals surface area contributed by atoms with Gasteiger partial charge in [0.25, 0.3) is 0 Å². The Morgan fingerprint density at radius 3 is 2.69 bits per heavy atom. The Morgan fingerprint density at radius 2 is 2.06 bits per heavy atom. The van der Waals surface area contributed by atoms with E-state index in [4.69, 9.17) is 0 Å². The van der Waals surface area contributed by atoms with Crippen LogP contribution in [0.15, 0.2) is 0 Å². The van der Waals surface area contributed by atoms with Crippen LogP contribution in [-0.2, 0) is 0 Å². The van der Waals surface area contributed by atoms with Gasteiger partial charge in [-0.2, -0.15) is 0 Å². The normalized spacial score (nSPS) is 32.6.